The van der Waals surface area contributed by atoms with E-state index in [1.807, 2.05) is 36.4 Å². The number of hydrogen-bond acceptors (Lipinski definition) is 5. The first-order valence-electron chi connectivity index (χ1n) is 9.68. The lowest BCUT2D eigenvalue weighted by Crippen LogP contribution is -2.24. The van der Waals surface area contributed by atoms with Crippen molar-refractivity contribution in [3.8, 4) is 11.7 Å². The number of imidazole rings is 1. The maximum Gasteiger partial charge on any atom is 0.267 e. The minimum atomic E-state index is -0.615. The summed E-state index contributed by atoms with van der Waals surface area (Å²) in [5.41, 5.74) is 7.80. The molecule has 0 aliphatic heterocycles. The lowest BCUT2D eigenvalue weighted by molar-refractivity contribution is 0.0991. The van der Waals surface area contributed by atoms with Crippen molar-refractivity contribution in [1.29, 1.82) is 0 Å². The van der Waals surface area contributed by atoms with E-state index in [9.17, 15) is 9.59 Å². The molecule has 156 valence electrons. The summed E-state index contributed by atoms with van der Waals surface area (Å²) in [7, 11) is 0. The van der Waals surface area contributed by atoms with Crippen molar-refractivity contribution in [2.75, 3.05) is 0 Å². The first-order chi connectivity index (χ1) is 15.0. The molecule has 8 nitrogen and oxygen atoms in total. The summed E-state index contributed by atoms with van der Waals surface area (Å²) in [5, 5.41) is 0. The minimum absolute atomic E-state index is 0.246. The van der Waals surface area contributed by atoms with Gasteiger partial charge in [0, 0.05) is 24.7 Å². The highest BCUT2D eigenvalue weighted by Gasteiger charge is 2.21. The number of pyridine rings is 2. The number of benzene rings is 1. The highest BCUT2D eigenvalue weighted by atomic mass is 16.5. The van der Waals surface area contributed by atoms with Crippen LogP contribution in [0.1, 0.15) is 27.3 Å². The Morgan fingerprint density at radius 3 is 2.55 bits per heavy atom. The molecule has 8 heteroatoms. The van der Waals surface area contributed by atoms with Crippen LogP contribution in [0.2, 0.25) is 0 Å². The molecular formula is C23H21N5O3. The Bertz CT molecular complexity index is 1260. The van der Waals surface area contributed by atoms with Crippen LogP contribution in [0.15, 0.2) is 78.0 Å². The molecule has 31 heavy (non-hydrogen) atoms. The molecule has 1 aromatic carbocycles. The quantitative estimate of drug-likeness (QED) is 0.499. The van der Waals surface area contributed by atoms with Gasteiger partial charge in [-0.05, 0) is 30.2 Å². The topological polar surface area (TPSA) is 105 Å². The van der Waals surface area contributed by atoms with Crippen LogP contribution in [0.5, 0.6) is 5.75 Å². The number of nitrogens with two attached hydrogens (primary N) is 1. The van der Waals surface area contributed by atoms with E-state index < -0.39 is 5.91 Å². The van der Waals surface area contributed by atoms with Gasteiger partial charge in [0.15, 0.2) is 0 Å². The number of ether oxygens (including phenoxy) is 1. The van der Waals surface area contributed by atoms with Gasteiger partial charge in [0.2, 0.25) is 5.95 Å². The number of amides is 1. The fourth-order valence-electron chi connectivity index (χ4n) is 3.33. The van der Waals surface area contributed by atoms with Crippen LogP contribution < -0.4 is 16.0 Å². The molecule has 4 aromatic rings. The maximum absolute atomic E-state index is 12.8. The summed E-state index contributed by atoms with van der Waals surface area (Å²) in [6.45, 7) is 2.33. The third-order valence-electron chi connectivity index (χ3n) is 4.77. The Morgan fingerprint density at radius 1 is 1.10 bits per heavy atom. The van der Waals surface area contributed by atoms with E-state index in [1.165, 1.54) is 10.6 Å². The highest BCUT2D eigenvalue weighted by molar-refractivity contribution is 5.92. The van der Waals surface area contributed by atoms with Gasteiger partial charge in [0.1, 0.15) is 18.1 Å². The lowest BCUT2D eigenvalue weighted by Gasteiger charge is -2.13. The molecule has 1 amide bonds. The fourth-order valence-corrected chi connectivity index (χ4v) is 3.33. The van der Waals surface area contributed by atoms with E-state index >= 15 is 0 Å². The predicted molar refractivity (Wildman–Crippen MR) is 115 cm³/mol. The van der Waals surface area contributed by atoms with Crippen molar-refractivity contribution in [1.82, 2.24) is 19.1 Å². The third kappa shape index (κ3) is 4.37. The van der Waals surface area contributed by atoms with E-state index in [0.29, 0.717) is 30.5 Å². The molecule has 0 atom stereocenters. The molecule has 3 heterocycles. The summed E-state index contributed by atoms with van der Waals surface area (Å²) in [6, 6.07) is 16.4. The van der Waals surface area contributed by atoms with E-state index in [0.717, 1.165) is 11.1 Å². The van der Waals surface area contributed by atoms with Crippen molar-refractivity contribution in [2.45, 2.75) is 20.1 Å². The SMILES string of the molecule is Cc1nc(-n2ccc(OCc3ccccc3)cc2=O)n(Cc2cccnc2)c1C(N)=O. The standard InChI is InChI=1S/C23H21N5O3/c1-16-21(22(24)30)28(14-18-8-5-10-25-13-18)23(26-16)27-11-9-19(12-20(27)29)31-15-17-6-3-2-4-7-17/h2-13H,14-15H2,1H3,(H2,24,30). The van der Waals surface area contributed by atoms with Gasteiger partial charge in [-0.2, -0.15) is 0 Å². The number of carbonyl (C=O) groups excluding carboxylic acids is 1. The van der Waals surface area contributed by atoms with Crippen LogP contribution in [-0.4, -0.2) is 25.0 Å². The zero-order chi connectivity index (χ0) is 21.8. The maximum atomic E-state index is 12.8. The van der Waals surface area contributed by atoms with E-state index in [4.69, 9.17) is 10.5 Å². The van der Waals surface area contributed by atoms with Gasteiger partial charge in [0.25, 0.3) is 11.5 Å². The van der Waals surface area contributed by atoms with Gasteiger partial charge < -0.3 is 15.0 Å². The molecule has 0 saturated carbocycles. The fraction of sp³-hybridized carbons (Fsp3) is 0.130. The molecule has 2 N–H and O–H groups in total. The van der Waals surface area contributed by atoms with Crippen molar-refractivity contribution >= 4 is 5.91 Å². The molecule has 0 aliphatic carbocycles. The van der Waals surface area contributed by atoms with E-state index in [1.54, 1.807) is 42.2 Å². The van der Waals surface area contributed by atoms with Crippen LogP contribution in [0.4, 0.5) is 0 Å². The molecule has 3 aromatic heterocycles. The zero-order valence-corrected chi connectivity index (χ0v) is 16.9. The Hall–Kier alpha value is -4.20. The number of rotatable bonds is 7. The second-order valence-corrected chi connectivity index (χ2v) is 7.00. The van der Waals surface area contributed by atoms with Gasteiger partial charge in [-0.1, -0.05) is 36.4 Å². The van der Waals surface area contributed by atoms with Crippen LogP contribution >= 0.6 is 0 Å². The van der Waals surface area contributed by atoms with Crippen molar-refractivity contribution in [3.05, 3.63) is 106 Å². The minimum Gasteiger partial charge on any atom is -0.489 e. The molecule has 0 spiro atoms. The Morgan fingerprint density at radius 2 is 1.87 bits per heavy atom. The normalized spacial score (nSPS) is 10.7. The summed E-state index contributed by atoms with van der Waals surface area (Å²) < 4.78 is 8.73. The van der Waals surface area contributed by atoms with Crippen molar-refractivity contribution in [3.63, 3.8) is 0 Å². The molecule has 0 saturated heterocycles. The number of aryl methyl sites for hydroxylation is 1. The first-order valence-corrected chi connectivity index (χ1v) is 9.68. The lowest BCUT2D eigenvalue weighted by atomic mass is 10.2. The molecule has 0 unspecified atom stereocenters. The average Bonchev–Trinajstić information content (AvgIpc) is 3.09. The number of primary amides is 1. The summed E-state index contributed by atoms with van der Waals surface area (Å²) in [4.78, 5) is 33.5. The van der Waals surface area contributed by atoms with Crippen LogP contribution in [0.3, 0.4) is 0 Å². The molecule has 4 rings (SSSR count). The van der Waals surface area contributed by atoms with E-state index in [-0.39, 0.29) is 11.3 Å². The Balaban J connectivity index is 1.68. The van der Waals surface area contributed by atoms with Crippen LogP contribution in [-0.2, 0) is 13.2 Å². The molecule has 0 bridgehead atoms. The number of hydrogen-bond donors (Lipinski definition) is 1. The third-order valence-corrected chi connectivity index (χ3v) is 4.77. The monoisotopic (exact) mass is 415 g/mol. The van der Waals surface area contributed by atoms with Gasteiger partial charge >= 0.3 is 0 Å². The molecule has 0 fully saturated rings. The van der Waals surface area contributed by atoms with Gasteiger partial charge in [-0.15, -0.1) is 0 Å². The van der Waals surface area contributed by atoms with Gasteiger partial charge in [-0.3, -0.25) is 19.1 Å². The van der Waals surface area contributed by atoms with Gasteiger partial charge in [0.05, 0.1) is 12.2 Å². The van der Waals surface area contributed by atoms with Crippen LogP contribution in [0, 0.1) is 6.92 Å². The largest absolute Gasteiger partial charge is 0.489 e. The molecular weight excluding hydrogens is 394 g/mol. The second kappa shape index (κ2) is 8.66. The van der Waals surface area contributed by atoms with Crippen molar-refractivity contribution in [2.24, 2.45) is 5.73 Å². The number of carbonyl (C=O) groups is 1. The highest BCUT2D eigenvalue weighted by Crippen LogP contribution is 2.18. The first kappa shape index (κ1) is 20.1. The molecule has 0 aliphatic rings. The van der Waals surface area contributed by atoms with Gasteiger partial charge in [-0.25, -0.2) is 4.98 Å². The summed E-state index contributed by atoms with van der Waals surface area (Å²) in [5.74, 6) is 0.132. The van der Waals surface area contributed by atoms with E-state index in [2.05, 4.69) is 9.97 Å². The zero-order valence-electron chi connectivity index (χ0n) is 16.9. The average molecular weight is 415 g/mol. The molecule has 0 radical (unpaired) electrons. The Labute approximate surface area is 178 Å². The predicted octanol–water partition coefficient (Wildman–Crippen LogP) is 2.46. The number of nitrogens with zero attached hydrogens (tertiary/aromatic N) is 4. The van der Waals surface area contributed by atoms with Crippen LogP contribution in [0.25, 0.3) is 5.95 Å². The summed E-state index contributed by atoms with van der Waals surface area (Å²) in [6.07, 6.45) is 4.93. The van der Waals surface area contributed by atoms with Crippen molar-refractivity contribution < 1.29 is 9.53 Å². The summed E-state index contributed by atoms with van der Waals surface area (Å²) >= 11 is 0. The Kier molecular flexibility index (Phi) is 5.61. The second-order valence-electron chi connectivity index (χ2n) is 7.00. The smallest absolute Gasteiger partial charge is 0.267 e. The number of aromatic nitrogens is 4.